The first-order valence-electron chi connectivity index (χ1n) is 14.4. The second-order valence-electron chi connectivity index (χ2n) is 13.0. The first-order valence-corrected chi connectivity index (χ1v) is 18.9. The number of fused-ring (bicyclic) bond motifs is 1. The molecule has 1 saturated carbocycles. The van der Waals surface area contributed by atoms with Crippen molar-refractivity contribution in [2.45, 2.75) is 75.7 Å². The summed E-state index contributed by atoms with van der Waals surface area (Å²) >= 11 is 14.3. The minimum absolute atomic E-state index is 0.0441. The van der Waals surface area contributed by atoms with Crippen LogP contribution in [0.1, 0.15) is 62.1 Å². The highest BCUT2D eigenvalue weighted by Crippen LogP contribution is 2.51. The first-order chi connectivity index (χ1) is 19.9. The number of nitrogens with zero attached hydrogens (tertiary/aromatic N) is 2. The largest absolute Gasteiger partial charge is 0.454 e. The van der Waals surface area contributed by atoms with E-state index in [4.69, 9.17) is 37.1 Å². The zero-order valence-corrected chi connectivity index (χ0v) is 28.0. The number of hydrogen-bond acceptors (Lipinski definition) is 7. The molecule has 1 aliphatic carbocycles. The van der Waals surface area contributed by atoms with Crippen molar-refractivity contribution in [3.63, 3.8) is 0 Å². The number of likely N-dealkylation sites (tertiary alicyclic amines) is 1. The Morgan fingerprint density at radius 1 is 1.14 bits per heavy atom. The predicted octanol–water partition coefficient (Wildman–Crippen LogP) is 8.03. The molecule has 7 nitrogen and oxygen atoms in total. The number of carbonyl (C=O) groups excluding carboxylic acids is 1. The molecule has 2 aromatic carbocycles. The summed E-state index contributed by atoms with van der Waals surface area (Å²) in [5, 5.41) is 4.89. The van der Waals surface area contributed by atoms with E-state index in [-0.39, 0.29) is 29.9 Å². The lowest BCUT2D eigenvalue weighted by Crippen LogP contribution is -2.44. The van der Waals surface area contributed by atoms with Crippen LogP contribution < -0.4 is 14.8 Å². The molecule has 3 aliphatic rings. The van der Waals surface area contributed by atoms with Gasteiger partial charge in [0, 0.05) is 24.2 Å². The molecular weight excluding hydrogens is 609 g/mol. The van der Waals surface area contributed by atoms with Crippen molar-refractivity contribution in [1.29, 1.82) is 0 Å². The molecule has 11 heteroatoms. The molecule has 42 heavy (non-hydrogen) atoms. The highest BCUT2D eigenvalue weighted by Gasteiger charge is 2.52. The molecule has 2 atom stereocenters. The van der Waals surface area contributed by atoms with E-state index in [1.165, 1.54) is 11.3 Å². The van der Waals surface area contributed by atoms with Crippen LogP contribution in [0.5, 0.6) is 11.5 Å². The van der Waals surface area contributed by atoms with Crippen molar-refractivity contribution in [3.05, 3.63) is 68.6 Å². The fraction of sp³-hybridized carbons (Fsp3) is 0.484. The molecule has 3 heterocycles. The maximum atomic E-state index is 13.6. The van der Waals surface area contributed by atoms with Gasteiger partial charge in [-0.15, -0.1) is 0 Å². The number of carbonyl (C=O) groups is 1. The molecule has 2 aliphatic heterocycles. The van der Waals surface area contributed by atoms with Crippen LogP contribution in [0.2, 0.25) is 28.2 Å². The van der Waals surface area contributed by atoms with Crippen molar-refractivity contribution in [2.24, 2.45) is 0 Å². The fourth-order valence-corrected chi connectivity index (χ4v) is 8.23. The molecule has 1 saturated heterocycles. The monoisotopic (exact) mass is 645 g/mol. The van der Waals surface area contributed by atoms with Crippen LogP contribution in [-0.2, 0) is 14.6 Å². The van der Waals surface area contributed by atoms with E-state index in [0.717, 1.165) is 48.4 Å². The number of halogens is 2. The minimum atomic E-state index is -1.91. The summed E-state index contributed by atoms with van der Waals surface area (Å²) in [5.74, 6) is 1.36. The standard InChI is InChI=1S/C31H37Cl2N3O4SSi/c1-30(2,3)42(4,5)40-21-10-13-36(17-21)27(19-6-8-22(32)23(33)14-19)26-16-34-29(41-26)35-28(37)31(11-12-31)20-7-9-24-25(15-20)39-18-38-24/h6-9,14-16,21,27H,10-13,17-18H2,1-5H3,(H,34,35,37)/t21-,27?/m0/s1. The third-order valence-electron chi connectivity index (χ3n) is 9.19. The summed E-state index contributed by atoms with van der Waals surface area (Å²) < 4.78 is 17.8. The lowest BCUT2D eigenvalue weighted by molar-refractivity contribution is -0.118. The average Bonchev–Trinajstić information content (AvgIpc) is 3.22. The minimum Gasteiger partial charge on any atom is -0.454 e. The second-order valence-corrected chi connectivity index (χ2v) is 19.7. The Bertz CT molecular complexity index is 1500. The molecule has 0 radical (unpaired) electrons. The smallest absolute Gasteiger partial charge is 0.236 e. The molecule has 224 valence electrons. The van der Waals surface area contributed by atoms with Crippen LogP contribution >= 0.6 is 34.5 Å². The number of thiazole rings is 1. The van der Waals surface area contributed by atoms with E-state index < -0.39 is 13.7 Å². The number of nitrogens with one attached hydrogen (secondary N) is 1. The van der Waals surface area contributed by atoms with Gasteiger partial charge in [0.1, 0.15) is 0 Å². The van der Waals surface area contributed by atoms with Gasteiger partial charge in [0.15, 0.2) is 24.9 Å². The molecule has 0 bridgehead atoms. The molecule has 1 unspecified atom stereocenters. The van der Waals surface area contributed by atoms with E-state index in [1.54, 1.807) is 0 Å². The fourth-order valence-electron chi connectivity index (χ4n) is 5.57. The highest BCUT2D eigenvalue weighted by atomic mass is 35.5. The Kier molecular flexibility index (Phi) is 7.90. The van der Waals surface area contributed by atoms with Crippen LogP contribution in [0.3, 0.4) is 0 Å². The van der Waals surface area contributed by atoms with E-state index in [2.05, 4.69) is 49.1 Å². The third kappa shape index (κ3) is 5.72. The lowest BCUT2D eigenvalue weighted by atomic mass is 9.94. The van der Waals surface area contributed by atoms with E-state index in [9.17, 15) is 4.79 Å². The Morgan fingerprint density at radius 2 is 1.90 bits per heavy atom. The first kappa shape index (κ1) is 29.9. The van der Waals surface area contributed by atoms with Crippen LogP contribution in [0.15, 0.2) is 42.6 Å². The molecule has 1 amide bonds. The van der Waals surface area contributed by atoms with Gasteiger partial charge in [-0.3, -0.25) is 9.69 Å². The number of anilines is 1. The quantitative estimate of drug-likeness (QED) is 0.250. The molecule has 2 fully saturated rings. The number of ether oxygens (including phenoxy) is 2. The zero-order valence-electron chi connectivity index (χ0n) is 24.6. The third-order valence-corrected chi connectivity index (χ3v) is 15.4. The summed E-state index contributed by atoms with van der Waals surface area (Å²) in [7, 11) is -1.91. The number of aromatic nitrogens is 1. The van der Waals surface area contributed by atoms with Gasteiger partial charge in [-0.25, -0.2) is 4.98 Å². The van der Waals surface area contributed by atoms with Crippen LogP contribution in [0, 0.1) is 0 Å². The van der Waals surface area contributed by atoms with Gasteiger partial charge >= 0.3 is 0 Å². The maximum Gasteiger partial charge on any atom is 0.236 e. The van der Waals surface area contributed by atoms with E-state index >= 15 is 0 Å². The summed E-state index contributed by atoms with van der Waals surface area (Å²) in [6, 6.07) is 11.5. The second kappa shape index (κ2) is 11.1. The zero-order chi connectivity index (χ0) is 29.9. The highest BCUT2D eigenvalue weighted by molar-refractivity contribution is 7.15. The molecule has 3 aromatic rings. The van der Waals surface area contributed by atoms with Crippen molar-refractivity contribution < 1.29 is 18.7 Å². The van der Waals surface area contributed by atoms with Gasteiger partial charge < -0.3 is 19.2 Å². The maximum absolute atomic E-state index is 13.6. The van der Waals surface area contributed by atoms with Gasteiger partial charge in [-0.05, 0) is 72.8 Å². The molecule has 1 N–H and O–H groups in total. The lowest BCUT2D eigenvalue weighted by Gasteiger charge is -2.38. The normalized spacial score (nSPS) is 20.5. The van der Waals surface area contributed by atoms with E-state index in [1.807, 2.05) is 42.6 Å². The SMILES string of the molecule is CC(C)(C)[Si](C)(C)O[C@H]1CCN(C(c2ccc(Cl)c(Cl)c2)c2cnc(NC(=O)C3(c4ccc5c(c4)OCO5)CC3)s2)C1. The summed E-state index contributed by atoms with van der Waals surface area (Å²) in [6.45, 7) is 13.3. The molecular formula is C31H37Cl2N3O4SSi. The van der Waals surface area contributed by atoms with Gasteiger partial charge in [0.2, 0.25) is 12.7 Å². The molecule has 1 aromatic heterocycles. The summed E-state index contributed by atoms with van der Waals surface area (Å²) in [6.07, 6.45) is 4.57. The molecule has 0 spiro atoms. The Hall–Kier alpha value is -2.14. The van der Waals surface area contributed by atoms with Gasteiger partial charge in [-0.1, -0.05) is 67.4 Å². The summed E-state index contributed by atoms with van der Waals surface area (Å²) in [4.78, 5) is 21.7. The Labute approximate surface area is 262 Å². The van der Waals surface area contributed by atoms with Gasteiger partial charge in [0.05, 0.1) is 27.6 Å². The van der Waals surface area contributed by atoms with Crippen molar-refractivity contribution in [2.75, 3.05) is 25.2 Å². The topological polar surface area (TPSA) is 72.9 Å². The number of benzene rings is 2. The Morgan fingerprint density at radius 3 is 2.62 bits per heavy atom. The van der Waals surface area contributed by atoms with Crippen molar-refractivity contribution in [1.82, 2.24) is 9.88 Å². The van der Waals surface area contributed by atoms with Crippen LogP contribution in [0.4, 0.5) is 5.13 Å². The van der Waals surface area contributed by atoms with Crippen LogP contribution in [0.25, 0.3) is 0 Å². The number of amides is 1. The average molecular weight is 647 g/mol. The van der Waals surface area contributed by atoms with Crippen molar-refractivity contribution in [3.8, 4) is 11.5 Å². The van der Waals surface area contributed by atoms with Gasteiger partial charge in [0.25, 0.3) is 0 Å². The van der Waals surface area contributed by atoms with E-state index in [0.29, 0.717) is 26.7 Å². The van der Waals surface area contributed by atoms with Crippen LogP contribution in [-0.4, -0.2) is 50.1 Å². The Balaban J connectivity index is 1.22. The molecule has 6 rings (SSSR count). The van der Waals surface area contributed by atoms with Gasteiger partial charge in [-0.2, -0.15) is 0 Å². The van der Waals surface area contributed by atoms with Crippen molar-refractivity contribution >= 4 is 53.9 Å². The number of rotatable bonds is 8. The number of hydrogen-bond donors (Lipinski definition) is 1. The predicted molar refractivity (Wildman–Crippen MR) is 171 cm³/mol. The summed E-state index contributed by atoms with van der Waals surface area (Å²) in [5.41, 5.74) is 1.41.